The SMILES string of the molecule is CCCCCC(CCCCCCCCCCCCCCC(O)CC)S(=O)(=O)[O-].[Na+]. The second kappa shape index (κ2) is 22.1. The molecule has 0 saturated carbocycles. The van der Waals surface area contributed by atoms with Gasteiger partial charge in [-0.2, -0.15) is 0 Å². The average Bonchev–Trinajstić information content (AvgIpc) is 2.65. The molecule has 0 amide bonds. The van der Waals surface area contributed by atoms with E-state index in [-0.39, 0.29) is 35.7 Å². The van der Waals surface area contributed by atoms with Crippen molar-refractivity contribution in [3.63, 3.8) is 0 Å². The predicted octanol–water partition coefficient (Wildman–Crippen LogP) is 3.72. The van der Waals surface area contributed by atoms with E-state index in [0.29, 0.717) is 12.8 Å². The van der Waals surface area contributed by atoms with E-state index in [1.807, 2.05) is 6.92 Å². The van der Waals surface area contributed by atoms with Crippen LogP contribution in [0.3, 0.4) is 0 Å². The van der Waals surface area contributed by atoms with Crippen LogP contribution < -0.4 is 29.6 Å². The maximum atomic E-state index is 11.4. The summed E-state index contributed by atoms with van der Waals surface area (Å²) in [6.45, 7) is 4.12. The van der Waals surface area contributed by atoms with E-state index in [9.17, 15) is 18.1 Å². The molecule has 1 N–H and O–H groups in total. The number of aliphatic hydroxyl groups is 1. The summed E-state index contributed by atoms with van der Waals surface area (Å²) < 4.78 is 34.1. The second-order valence-electron chi connectivity index (χ2n) is 8.49. The number of aliphatic hydroxyl groups excluding tert-OH is 1. The van der Waals surface area contributed by atoms with E-state index in [4.69, 9.17) is 0 Å². The van der Waals surface area contributed by atoms with Gasteiger partial charge in [-0.25, -0.2) is 8.42 Å². The van der Waals surface area contributed by atoms with Gasteiger partial charge < -0.3 is 9.66 Å². The number of unbranched alkanes of at least 4 members (excludes halogenated alkanes) is 13. The molecule has 0 bridgehead atoms. The molecule has 0 heterocycles. The summed E-state index contributed by atoms with van der Waals surface area (Å²) in [6.07, 6.45) is 20.2. The Hall–Kier alpha value is 0.870. The molecule has 0 rings (SSSR count). The third-order valence-corrected chi connectivity index (χ3v) is 7.11. The molecule has 0 aromatic rings. The van der Waals surface area contributed by atoms with Gasteiger partial charge in [0.15, 0.2) is 0 Å². The van der Waals surface area contributed by atoms with E-state index >= 15 is 0 Å². The summed E-state index contributed by atoms with van der Waals surface area (Å²) in [7, 11) is -4.13. The van der Waals surface area contributed by atoms with Crippen molar-refractivity contribution in [3.05, 3.63) is 0 Å². The minimum absolute atomic E-state index is 0. The quantitative estimate of drug-likeness (QED) is 0.167. The molecule has 2 unspecified atom stereocenters. The van der Waals surface area contributed by atoms with Crippen molar-refractivity contribution >= 4 is 10.1 Å². The Balaban J connectivity index is 0. The van der Waals surface area contributed by atoms with Gasteiger partial charge >= 0.3 is 29.6 Å². The zero-order chi connectivity index (χ0) is 21.1. The molecule has 0 radical (unpaired) electrons. The fourth-order valence-electron chi connectivity index (χ4n) is 3.78. The van der Waals surface area contributed by atoms with Gasteiger partial charge in [0, 0.05) is 5.25 Å². The van der Waals surface area contributed by atoms with Gasteiger partial charge in [-0.05, 0) is 25.7 Å². The van der Waals surface area contributed by atoms with E-state index in [1.54, 1.807) is 0 Å². The summed E-state index contributed by atoms with van der Waals surface area (Å²) in [4.78, 5) is 0. The zero-order valence-corrected chi connectivity index (χ0v) is 22.5. The molecule has 4 nitrogen and oxygen atoms in total. The number of rotatable bonds is 21. The van der Waals surface area contributed by atoms with Crippen molar-refractivity contribution in [1.82, 2.24) is 0 Å². The van der Waals surface area contributed by atoms with Crippen LogP contribution in [0.5, 0.6) is 0 Å². The first-order valence-electron chi connectivity index (χ1n) is 12.0. The maximum Gasteiger partial charge on any atom is 1.00 e. The molecule has 2 atom stereocenters. The Kier molecular flexibility index (Phi) is 24.4. The van der Waals surface area contributed by atoms with E-state index in [2.05, 4.69) is 6.92 Å². The van der Waals surface area contributed by atoms with Crippen LogP contribution in [0.25, 0.3) is 0 Å². The van der Waals surface area contributed by atoms with Crippen LogP contribution in [0, 0.1) is 0 Å². The van der Waals surface area contributed by atoms with Crippen LogP contribution in [0.2, 0.25) is 0 Å². The van der Waals surface area contributed by atoms with Gasteiger partial charge in [-0.15, -0.1) is 0 Å². The van der Waals surface area contributed by atoms with Gasteiger partial charge in [-0.1, -0.05) is 110 Å². The molecule has 0 aliphatic carbocycles. The second-order valence-corrected chi connectivity index (χ2v) is 10.1. The summed E-state index contributed by atoms with van der Waals surface area (Å²) >= 11 is 0. The third kappa shape index (κ3) is 21.9. The molecule has 170 valence electrons. The number of hydrogen-bond acceptors (Lipinski definition) is 4. The fraction of sp³-hybridized carbons (Fsp3) is 1.00. The molecule has 0 spiro atoms. The first-order valence-corrected chi connectivity index (χ1v) is 13.5. The molecular formula is C23H47NaO4S. The summed E-state index contributed by atoms with van der Waals surface area (Å²) in [5, 5.41) is 8.84. The van der Waals surface area contributed by atoms with Gasteiger partial charge in [0.2, 0.25) is 0 Å². The van der Waals surface area contributed by atoms with Crippen molar-refractivity contribution in [2.45, 2.75) is 147 Å². The van der Waals surface area contributed by atoms with Crippen LogP contribution in [0.15, 0.2) is 0 Å². The zero-order valence-electron chi connectivity index (χ0n) is 19.7. The van der Waals surface area contributed by atoms with Crippen LogP contribution in [0.4, 0.5) is 0 Å². The predicted molar refractivity (Wildman–Crippen MR) is 119 cm³/mol. The Labute approximate surface area is 204 Å². The van der Waals surface area contributed by atoms with E-state index < -0.39 is 15.4 Å². The number of hydrogen-bond donors (Lipinski definition) is 1. The maximum absolute atomic E-state index is 11.4. The molecular weight excluding hydrogens is 395 g/mol. The topological polar surface area (TPSA) is 77.4 Å². The molecule has 6 heteroatoms. The van der Waals surface area contributed by atoms with Crippen LogP contribution >= 0.6 is 0 Å². The van der Waals surface area contributed by atoms with Crippen LogP contribution in [-0.4, -0.2) is 29.4 Å². The largest absolute Gasteiger partial charge is 1.00 e. The van der Waals surface area contributed by atoms with E-state index in [0.717, 1.165) is 57.8 Å². The normalized spacial score (nSPS) is 13.8. The minimum atomic E-state index is -4.13. The van der Waals surface area contributed by atoms with Crippen LogP contribution in [0.1, 0.15) is 136 Å². The molecule has 0 aliphatic rings. The summed E-state index contributed by atoms with van der Waals surface area (Å²) in [5.41, 5.74) is 0. The van der Waals surface area contributed by atoms with Crippen molar-refractivity contribution in [3.8, 4) is 0 Å². The smallest absolute Gasteiger partial charge is 0.748 e. The van der Waals surface area contributed by atoms with Gasteiger partial charge in [0.25, 0.3) is 0 Å². The van der Waals surface area contributed by atoms with Gasteiger partial charge in [0.05, 0.1) is 16.2 Å². The minimum Gasteiger partial charge on any atom is -0.748 e. The molecule has 0 aromatic heterocycles. The fourth-order valence-corrected chi connectivity index (χ4v) is 4.69. The summed E-state index contributed by atoms with van der Waals surface area (Å²) in [6, 6.07) is 0. The van der Waals surface area contributed by atoms with Crippen molar-refractivity contribution < 1.29 is 47.6 Å². The van der Waals surface area contributed by atoms with Crippen molar-refractivity contribution in [2.24, 2.45) is 0 Å². The molecule has 0 aromatic carbocycles. The van der Waals surface area contributed by atoms with Crippen molar-refractivity contribution in [1.29, 1.82) is 0 Å². The Morgan fingerprint density at radius 3 is 1.34 bits per heavy atom. The first-order chi connectivity index (χ1) is 13.4. The van der Waals surface area contributed by atoms with Crippen molar-refractivity contribution in [2.75, 3.05) is 0 Å². The van der Waals surface area contributed by atoms with Crippen LogP contribution in [-0.2, 0) is 10.1 Å². The van der Waals surface area contributed by atoms with Gasteiger partial charge in [-0.3, -0.25) is 0 Å². The Morgan fingerprint density at radius 2 is 1.00 bits per heavy atom. The standard InChI is InChI=1S/C23H48O4S.Na/c1-3-5-16-20-23(28(25,26)27)21-18-15-13-11-9-7-6-8-10-12-14-17-19-22(24)4-2;/h22-24H,3-21H2,1-2H3,(H,25,26,27);/q;+1/p-1. The van der Waals surface area contributed by atoms with Gasteiger partial charge in [0.1, 0.15) is 0 Å². The summed E-state index contributed by atoms with van der Waals surface area (Å²) in [5.74, 6) is 0. The Bertz CT molecular complexity index is 429. The average molecular weight is 443 g/mol. The third-order valence-electron chi connectivity index (χ3n) is 5.82. The molecule has 0 aliphatic heterocycles. The molecule has 0 fully saturated rings. The first kappa shape index (κ1) is 32.1. The monoisotopic (exact) mass is 442 g/mol. The Morgan fingerprint density at radius 1 is 0.655 bits per heavy atom. The van der Waals surface area contributed by atoms with E-state index in [1.165, 1.54) is 51.4 Å². The molecule has 0 saturated heterocycles. The molecule has 29 heavy (non-hydrogen) atoms.